The SMILES string of the molecule is CSCCC(C)N(C)Cc1ccc(C#N)cc1Cl. The quantitative estimate of drug-likeness (QED) is 0.794. The van der Waals surface area contributed by atoms with Gasteiger partial charge in [0.1, 0.15) is 0 Å². The van der Waals surface area contributed by atoms with Gasteiger partial charge in [0.15, 0.2) is 0 Å². The molecule has 0 aliphatic rings. The molecule has 0 radical (unpaired) electrons. The molecule has 0 aliphatic carbocycles. The van der Waals surface area contributed by atoms with Crippen LogP contribution in [0.3, 0.4) is 0 Å². The Morgan fingerprint density at radius 2 is 2.22 bits per heavy atom. The molecule has 0 saturated carbocycles. The summed E-state index contributed by atoms with van der Waals surface area (Å²) in [5.74, 6) is 1.17. The molecule has 1 aromatic rings. The third kappa shape index (κ3) is 4.53. The van der Waals surface area contributed by atoms with Crippen molar-refractivity contribution in [2.24, 2.45) is 0 Å². The Morgan fingerprint density at radius 1 is 1.50 bits per heavy atom. The second kappa shape index (κ2) is 7.68. The predicted molar refractivity (Wildman–Crippen MR) is 80.1 cm³/mol. The Labute approximate surface area is 119 Å². The molecule has 1 aromatic carbocycles. The molecule has 98 valence electrons. The summed E-state index contributed by atoms with van der Waals surface area (Å²) < 4.78 is 0. The zero-order valence-corrected chi connectivity index (χ0v) is 12.7. The fourth-order valence-corrected chi connectivity index (χ4v) is 2.50. The molecule has 4 heteroatoms. The van der Waals surface area contributed by atoms with E-state index in [4.69, 9.17) is 16.9 Å². The van der Waals surface area contributed by atoms with Crippen LogP contribution in [0.5, 0.6) is 0 Å². The van der Waals surface area contributed by atoms with Crippen LogP contribution < -0.4 is 0 Å². The highest BCUT2D eigenvalue weighted by Crippen LogP contribution is 2.20. The van der Waals surface area contributed by atoms with E-state index in [1.165, 1.54) is 12.2 Å². The van der Waals surface area contributed by atoms with E-state index in [2.05, 4.69) is 31.2 Å². The van der Waals surface area contributed by atoms with Crippen molar-refractivity contribution >= 4 is 23.4 Å². The fourth-order valence-electron chi connectivity index (χ4n) is 1.68. The van der Waals surface area contributed by atoms with Crippen molar-refractivity contribution in [1.82, 2.24) is 4.90 Å². The van der Waals surface area contributed by atoms with Crippen molar-refractivity contribution in [2.45, 2.75) is 25.9 Å². The Balaban J connectivity index is 2.64. The lowest BCUT2D eigenvalue weighted by Crippen LogP contribution is -2.29. The Morgan fingerprint density at radius 3 is 2.78 bits per heavy atom. The number of hydrogen-bond acceptors (Lipinski definition) is 3. The van der Waals surface area contributed by atoms with E-state index in [-0.39, 0.29) is 0 Å². The average molecular weight is 283 g/mol. The number of benzene rings is 1. The molecule has 18 heavy (non-hydrogen) atoms. The van der Waals surface area contributed by atoms with Crippen molar-refractivity contribution in [3.63, 3.8) is 0 Å². The van der Waals surface area contributed by atoms with Crippen LogP contribution in [0.1, 0.15) is 24.5 Å². The third-order valence-electron chi connectivity index (χ3n) is 3.09. The van der Waals surface area contributed by atoms with E-state index in [9.17, 15) is 0 Å². The topological polar surface area (TPSA) is 27.0 Å². The van der Waals surface area contributed by atoms with Crippen LogP contribution in [0, 0.1) is 11.3 Å². The highest BCUT2D eigenvalue weighted by atomic mass is 35.5. The van der Waals surface area contributed by atoms with Crippen LogP contribution in [-0.2, 0) is 6.54 Å². The summed E-state index contributed by atoms with van der Waals surface area (Å²) in [4.78, 5) is 2.30. The van der Waals surface area contributed by atoms with E-state index in [1.54, 1.807) is 6.07 Å². The van der Waals surface area contributed by atoms with Gasteiger partial charge in [-0.1, -0.05) is 17.7 Å². The van der Waals surface area contributed by atoms with Gasteiger partial charge in [-0.05, 0) is 50.1 Å². The third-order valence-corrected chi connectivity index (χ3v) is 4.09. The maximum absolute atomic E-state index is 8.80. The summed E-state index contributed by atoms with van der Waals surface area (Å²) in [7, 11) is 2.11. The minimum absolute atomic E-state index is 0.532. The lowest BCUT2D eigenvalue weighted by atomic mass is 10.1. The lowest BCUT2D eigenvalue weighted by Gasteiger charge is -2.25. The molecule has 0 bridgehead atoms. The molecule has 1 rings (SSSR count). The van der Waals surface area contributed by atoms with Gasteiger partial charge in [0.2, 0.25) is 0 Å². The van der Waals surface area contributed by atoms with Gasteiger partial charge < -0.3 is 0 Å². The number of thioether (sulfide) groups is 1. The normalized spacial score (nSPS) is 12.4. The van der Waals surface area contributed by atoms with Gasteiger partial charge in [-0.25, -0.2) is 0 Å². The summed E-state index contributed by atoms with van der Waals surface area (Å²) in [6.45, 7) is 3.05. The zero-order valence-electron chi connectivity index (χ0n) is 11.1. The van der Waals surface area contributed by atoms with Crippen LogP contribution in [0.4, 0.5) is 0 Å². The number of halogens is 1. The van der Waals surface area contributed by atoms with Crippen LogP contribution >= 0.6 is 23.4 Å². The minimum atomic E-state index is 0.532. The largest absolute Gasteiger partial charge is 0.299 e. The molecule has 0 heterocycles. The van der Waals surface area contributed by atoms with Crippen molar-refractivity contribution in [1.29, 1.82) is 5.26 Å². The van der Waals surface area contributed by atoms with Crippen LogP contribution in [-0.4, -0.2) is 30.0 Å². The predicted octanol–water partition coefficient (Wildman–Crippen LogP) is 3.79. The summed E-state index contributed by atoms with van der Waals surface area (Å²) in [5.41, 5.74) is 1.69. The first kappa shape index (κ1) is 15.4. The van der Waals surface area contributed by atoms with Crippen LogP contribution in [0.25, 0.3) is 0 Å². The number of hydrogen-bond donors (Lipinski definition) is 0. The zero-order chi connectivity index (χ0) is 13.5. The molecule has 0 aliphatic heterocycles. The minimum Gasteiger partial charge on any atom is -0.299 e. The Hall–Kier alpha value is -0.690. The molecular weight excluding hydrogens is 264 g/mol. The summed E-state index contributed by atoms with van der Waals surface area (Å²) in [6, 6.07) is 8.13. The first-order valence-corrected chi connectivity index (χ1v) is 7.73. The standard InChI is InChI=1S/C14H19ClN2S/c1-11(6-7-18-3)17(2)10-13-5-4-12(9-16)8-14(13)15/h4-5,8,11H,6-7,10H2,1-3H3. The molecule has 1 unspecified atom stereocenters. The second-order valence-corrected chi connectivity index (χ2v) is 5.86. The Kier molecular flexibility index (Phi) is 6.56. The van der Waals surface area contributed by atoms with E-state index in [0.29, 0.717) is 16.6 Å². The van der Waals surface area contributed by atoms with Crippen molar-refractivity contribution < 1.29 is 0 Å². The number of nitriles is 1. The molecule has 0 spiro atoms. The molecule has 1 atom stereocenters. The van der Waals surface area contributed by atoms with Gasteiger partial charge in [-0.3, -0.25) is 4.90 Å². The van der Waals surface area contributed by atoms with Gasteiger partial charge in [0.25, 0.3) is 0 Å². The van der Waals surface area contributed by atoms with E-state index in [1.807, 2.05) is 23.9 Å². The van der Waals surface area contributed by atoms with Crippen LogP contribution in [0.2, 0.25) is 5.02 Å². The van der Waals surface area contributed by atoms with Gasteiger partial charge >= 0.3 is 0 Å². The lowest BCUT2D eigenvalue weighted by molar-refractivity contribution is 0.245. The molecular formula is C14H19ClN2S. The first-order valence-electron chi connectivity index (χ1n) is 5.96. The maximum atomic E-state index is 8.80. The van der Waals surface area contributed by atoms with Gasteiger partial charge in [-0.15, -0.1) is 0 Å². The number of nitrogens with zero attached hydrogens (tertiary/aromatic N) is 2. The van der Waals surface area contributed by atoms with Gasteiger partial charge in [0, 0.05) is 17.6 Å². The fraction of sp³-hybridized carbons (Fsp3) is 0.500. The summed E-state index contributed by atoms with van der Waals surface area (Å²) in [6.07, 6.45) is 3.30. The monoisotopic (exact) mass is 282 g/mol. The highest BCUT2D eigenvalue weighted by Gasteiger charge is 2.11. The van der Waals surface area contributed by atoms with Crippen molar-refractivity contribution in [3.05, 3.63) is 34.3 Å². The molecule has 0 amide bonds. The molecule has 0 aromatic heterocycles. The molecule has 0 saturated heterocycles. The molecule has 0 N–H and O–H groups in total. The second-order valence-electron chi connectivity index (χ2n) is 4.46. The first-order chi connectivity index (χ1) is 8.58. The smallest absolute Gasteiger partial charge is 0.0992 e. The average Bonchev–Trinajstić information content (AvgIpc) is 2.38. The van der Waals surface area contributed by atoms with E-state index in [0.717, 1.165) is 12.1 Å². The summed E-state index contributed by atoms with van der Waals surface area (Å²) >= 11 is 8.05. The van der Waals surface area contributed by atoms with Gasteiger partial charge in [-0.2, -0.15) is 17.0 Å². The maximum Gasteiger partial charge on any atom is 0.0992 e. The highest BCUT2D eigenvalue weighted by molar-refractivity contribution is 7.98. The van der Waals surface area contributed by atoms with E-state index >= 15 is 0 Å². The Bertz CT molecular complexity index is 428. The van der Waals surface area contributed by atoms with Crippen molar-refractivity contribution in [3.8, 4) is 6.07 Å². The van der Waals surface area contributed by atoms with Crippen LogP contribution in [0.15, 0.2) is 18.2 Å². The van der Waals surface area contributed by atoms with Gasteiger partial charge in [0.05, 0.1) is 11.6 Å². The van der Waals surface area contributed by atoms with E-state index < -0.39 is 0 Å². The van der Waals surface area contributed by atoms with Crippen molar-refractivity contribution in [2.75, 3.05) is 19.1 Å². The molecule has 2 nitrogen and oxygen atoms in total. The summed E-state index contributed by atoms with van der Waals surface area (Å²) in [5, 5.41) is 9.48. The molecule has 0 fully saturated rings. The number of rotatable bonds is 6.